The number of phenols is 1. The van der Waals surface area contributed by atoms with Crippen LogP contribution in [0.5, 0.6) is 5.75 Å². The summed E-state index contributed by atoms with van der Waals surface area (Å²) >= 11 is 1.45. The zero-order valence-corrected chi connectivity index (χ0v) is 31.0. The second-order valence-electron chi connectivity index (χ2n) is 13.4. The van der Waals surface area contributed by atoms with Crippen LogP contribution in [-0.4, -0.2) is 153 Å². The quantitative estimate of drug-likeness (QED) is 0.0705. The van der Waals surface area contributed by atoms with Crippen molar-refractivity contribution >= 4 is 41.3 Å². The van der Waals surface area contributed by atoms with Crippen molar-refractivity contribution in [1.82, 2.24) is 20.9 Å². The molecule has 2 heterocycles. The minimum atomic E-state index is -1.72. The first-order chi connectivity index (χ1) is 26.2. The van der Waals surface area contributed by atoms with Gasteiger partial charge in [-0.2, -0.15) is 11.8 Å². The maximum Gasteiger partial charge on any atom is 0.246 e. The average molecular weight is 791 g/mol. The normalized spacial score (nSPS) is 25.3. The van der Waals surface area contributed by atoms with Crippen LogP contribution in [0.3, 0.4) is 0 Å². The molecule has 2 fully saturated rings. The van der Waals surface area contributed by atoms with Crippen molar-refractivity contribution in [2.75, 3.05) is 31.7 Å². The second kappa shape index (κ2) is 20.5. The summed E-state index contributed by atoms with van der Waals surface area (Å²) in [4.78, 5) is 67.3. The smallest absolute Gasteiger partial charge is 0.246 e. The Morgan fingerprint density at radius 2 is 1.60 bits per heavy atom. The predicted octanol–water partition coefficient (Wildman–Crippen LogP) is -3.39. The van der Waals surface area contributed by atoms with Crippen LogP contribution >= 0.6 is 11.8 Å². The number of aliphatic hydroxyl groups is 4. The lowest BCUT2D eigenvalue weighted by Gasteiger charge is -2.40. The third-order valence-corrected chi connectivity index (χ3v) is 10.0. The first kappa shape index (κ1) is 43.4. The van der Waals surface area contributed by atoms with Gasteiger partial charge in [0, 0.05) is 19.4 Å². The highest BCUT2D eigenvalue weighted by Gasteiger charge is 2.48. The number of carbonyl (C=O) groups is 5. The van der Waals surface area contributed by atoms with Crippen LogP contribution in [0.1, 0.15) is 24.0 Å². The van der Waals surface area contributed by atoms with Gasteiger partial charge in [-0.3, -0.25) is 24.0 Å². The van der Waals surface area contributed by atoms with E-state index in [0.717, 1.165) is 4.90 Å². The van der Waals surface area contributed by atoms with Gasteiger partial charge < -0.3 is 67.3 Å². The van der Waals surface area contributed by atoms with Crippen LogP contribution in [0.25, 0.3) is 0 Å². The van der Waals surface area contributed by atoms with E-state index >= 15 is 0 Å². The summed E-state index contributed by atoms with van der Waals surface area (Å²) in [6.07, 6.45) is -6.68. The molecule has 10 atom stereocenters. The molecule has 18 nitrogen and oxygen atoms in total. The summed E-state index contributed by atoms with van der Waals surface area (Å²) in [7, 11) is 0. The molecule has 0 saturated carbocycles. The van der Waals surface area contributed by atoms with Crippen molar-refractivity contribution in [1.29, 1.82) is 0 Å². The highest BCUT2D eigenvalue weighted by atomic mass is 32.2. The van der Waals surface area contributed by atoms with E-state index in [1.54, 1.807) is 42.5 Å². The average Bonchev–Trinajstić information content (AvgIpc) is 3.60. The number of nitrogens with zero attached hydrogens (tertiary/aromatic N) is 1. The minimum Gasteiger partial charge on any atom is -0.508 e. The molecule has 2 aromatic carbocycles. The lowest BCUT2D eigenvalue weighted by molar-refractivity contribution is -0.310. The van der Waals surface area contributed by atoms with Gasteiger partial charge in [0.15, 0.2) is 6.29 Å². The molecule has 2 aliphatic heterocycles. The lowest BCUT2D eigenvalue weighted by Crippen LogP contribution is -2.59. The third kappa shape index (κ3) is 12.1. The molecule has 10 unspecified atom stereocenters. The Bertz CT molecular complexity index is 1610. The summed E-state index contributed by atoms with van der Waals surface area (Å²) in [5, 5.41) is 57.6. The monoisotopic (exact) mass is 790 g/mol. The van der Waals surface area contributed by atoms with E-state index in [-0.39, 0.29) is 38.0 Å². The Morgan fingerprint density at radius 3 is 2.24 bits per heavy atom. The number of carbonyl (C=O) groups excluding carboxylic acids is 5. The van der Waals surface area contributed by atoms with Crippen molar-refractivity contribution in [2.24, 2.45) is 11.5 Å². The molecule has 0 bridgehead atoms. The topological polar surface area (TPSA) is 296 Å². The van der Waals surface area contributed by atoms with Crippen molar-refractivity contribution in [2.45, 2.75) is 86.7 Å². The number of ether oxygens (including phenoxy) is 2. The number of benzene rings is 2. The number of thioether (sulfide) groups is 1. The highest BCUT2D eigenvalue weighted by Crippen LogP contribution is 2.28. The molecule has 2 aliphatic rings. The lowest BCUT2D eigenvalue weighted by atomic mass is 9.99. The number of hydrogen-bond acceptors (Lipinski definition) is 14. The molecule has 5 amide bonds. The molecule has 55 heavy (non-hydrogen) atoms. The fraction of sp³-hybridized carbons (Fsp3) is 0.528. The molecule has 0 spiro atoms. The molecule has 0 radical (unpaired) electrons. The Labute approximate surface area is 321 Å². The molecular formula is C36H50N6O12S. The van der Waals surface area contributed by atoms with Crippen LogP contribution in [0.2, 0.25) is 0 Å². The molecule has 4 rings (SSSR count). The van der Waals surface area contributed by atoms with Gasteiger partial charge in [0.05, 0.1) is 25.3 Å². The summed E-state index contributed by atoms with van der Waals surface area (Å²) in [6.45, 7) is -1.48. The largest absolute Gasteiger partial charge is 0.508 e. The Kier molecular flexibility index (Phi) is 16.2. The van der Waals surface area contributed by atoms with Crippen LogP contribution in [-0.2, 0) is 46.3 Å². The molecular weight excluding hydrogens is 740 g/mol. The van der Waals surface area contributed by atoms with E-state index in [0.29, 0.717) is 16.9 Å². The summed E-state index contributed by atoms with van der Waals surface area (Å²) < 4.78 is 11.2. The van der Waals surface area contributed by atoms with Gasteiger partial charge in [-0.1, -0.05) is 42.5 Å². The number of rotatable bonds is 18. The van der Waals surface area contributed by atoms with Gasteiger partial charge >= 0.3 is 0 Å². The standard InChI is InChI=1S/C36H50N6O12S/c1-55-12-11-24(41-33(50)23(37)13-20-7-9-21(44)10-8-20)34(51)39-16-28(45)40-25(14-19-5-3-2-4-6-19)35(52)42-17-22(15-26(42)32(38)49)53-36-31(48)30(47)29(46)27(18-43)54-36/h2-10,22-27,29-31,36,43-44,46-48H,11-18,37H2,1H3,(H2,38,49)(H,39,51)(H,40,45)(H,41,50). The Hall–Kier alpha value is -4.34. The highest BCUT2D eigenvalue weighted by molar-refractivity contribution is 7.98. The summed E-state index contributed by atoms with van der Waals surface area (Å²) in [6, 6.07) is 10.5. The number of amides is 5. The van der Waals surface area contributed by atoms with Crippen LogP contribution in [0.15, 0.2) is 54.6 Å². The first-order valence-corrected chi connectivity index (χ1v) is 19.1. The summed E-state index contributed by atoms with van der Waals surface area (Å²) in [5.74, 6) is -2.98. The van der Waals surface area contributed by atoms with Gasteiger partial charge in [0.25, 0.3) is 0 Å². The van der Waals surface area contributed by atoms with Crippen LogP contribution in [0.4, 0.5) is 0 Å². The van der Waals surface area contributed by atoms with Crippen molar-refractivity contribution in [3.8, 4) is 5.75 Å². The fourth-order valence-corrected chi connectivity index (χ4v) is 6.80. The molecule has 2 aromatic rings. The number of likely N-dealkylation sites (tertiary alicyclic amines) is 1. The minimum absolute atomic E-state index is 0.00903. The number of phenolic OH excluding ortho intramolecular Hbond substituents is 1. The Balaban J connectivity index is 1.42. The molecule has 0 aromatic heterocycles. The SMILES string of the molecule is CSCCC(NC(=O)C(N)Cc1ccc(O)cc1)C(=O)NCC(=O)NC(Cc1ccccc1)C(=O)N1CC(OC2OC(CO)C(O)C(O)C2O)CC1C(N)=O. The van der Waals surface area contributed by atoms with Crippen LogP contribution in [0, 0.1) is 0 Å². The van der Waals surface area contributed by atoms with E-state index in [9.17, 15) is 49.5 Å². The van der Waals surface area contributed by atoms with E-state index in [1.165, 1.54) is 23.9 Å². The van der Waals surface area contributed by atoms with E-state index in [1.807, 2.05) is 6.26 Å². The van der Waals surface area contributed by atoms with Gasteiger partial charge in [0.1, 0.15) is 48.3 Å². The van der Waals surface area contributed by atoms with Gasteiger partial charge in [-0.25, -0.2) is 0 Å². The maximum absolute atomic E-state index is 14.1. The Morgan fingerprint density at radius 1 is 0.927 bits per heavy atom. The molecule has 302 valence electrons. The van der Waals surface area contributed by atoms with Crippen LogP contribution < -0.4 is 27.4 Å². The predicted molar refractivity (Wildman–Crippen MR) is 198 cm³/mol. The maximum atomic E-state index is 14.1. The van der Waals surface area contributed by atoms with Crippen molar-refractivity contribution in [3.63, 3.8) is 0 Å². The zero-order valence-electron chi connectivity index (χ0n) is 30.2. The molecule has 2 saturated heterocycles. The molecule has 19 heteroatoms. The number of aromatic hydroxyl groups is 1. The number of hydrogen-bond donors (Lipinski definition) is 10. The van der Waals surface area contributed by atoms with Gasteiger partial charge in [0.2, 0.25) is 29.5 Å². The molecule has 12 N–H and O–H groups in total. The zero-order chi connectivity index (χ0) is 40.2. The van der Waals surface area contributed by atoms with Crippen molar-refractivity contribution < 1.29 is 59.0 Å². The fourth-order valence-electron chi connectivity index (χ4n) is 6.33. The number of aliphatic hydroxyl groups excluding tert-OH is 4. The second-order valence-corrected chi connectivity index (χ2v) is 14.4. The number of nitrogens with one attached hydrogen (secondary N) is 3. The van der Waals surface area contributed by atoms with E-state index in [4.69, 9.17) is 20.9 Å². The summed E-state index contributed by atoms with van der Waals surface area (Å²) in [5.41, 5.74) is 13.1. The number of nitrogens with two attached hydrogens (primary N) is 2. The number of primary amides is 1. The third-order valence-electron chi connectivity index (χ3n) is 9.36. The molecule has 0 aliphatic carbocycles. The van der Waals surface area contributed by atoms with E-state index < -0.39 is 104 Å². The van der Waals surface area contributed by atoms with Gasteiger partial charge in [-0.15, -0.1) is 0 Å². The van der Waals surface area contributed by atoms with Crippen molar-refractivity contribution in [3.05, 3.63) is 65.7 Å². The van der Waals surface area contributed by atoms with E-state index in [2.05, 4.69) is 16.0 Å². The first-order valence-electron chi connectivity index (χ1n) is 17.7. The van der Waals surface area contributed by atoms with Gasteiger partial charge in [-0.05, 0) is 48.1 Å².